The molecule has 0 aromatic carbocycles. The summed E-state index contributed by atoms with van der Waals surface area (Å²) in [7, 11) is 0. The highest BCUT2D eigenvalue weighted by atomic mass is 14.6. The minimum absolute atomic E-state index is 0.836. The van der Waals surface area contributed by atoms with E-state index in [0.717, 1.165) is 24.3 Å². The van der Waals surface area contributed by atoms with E-state index >= 15 is 0 Å². The molecule has 0 unspecified atom stereocenters. The van der Waals surface area contributed by atoms with Crippen LogP contribution < -0.4 is 5.73 Å². The van der Waals surface area contributed by atoms with E-state index in [9.17, 15) is 0 Å². The van der Waals surface area contributed by atoms with Crippen molar-refractivity contribution in [2.45, 2.75) is 46.0 Å². The fraction of sp³-hybridized carbons (Fsp3) is 1.00. The predicted octanol–water partition coefficient (Wildman–Crippen LogP) is 2.80. The SMILES string of the molecule is CC(C)C[C@@H]1CCC[C@H](CN)C1. The first kappa shape index (κ1) is 10.0. The Morgan fingerprint density at radius 2 is 1.92 bits per heavy atom. The zero-order valence-corrected chi connectivity index (χ0v) is 8.55. The Morgan fingerprint density at radius 1 is 1.25 bits per heavy atom. The zero-order chi connectivity index (χ0) is 8.97. The Balaban J connectivity index is 2.25. The maximum absolute atomic E-state index is 5.70. The van der Waals surface area contributed by atoms with Crippen molar-refractivity contribution in [1.29, 1.82) is 0 Å². The summed E-state index contributed by atoms with van der Waals surface area (Å²) in [6.07, 6.45) is 7.06. The summed E-state index contributed by atoms with van der Waals surface area (Å²) in [4.78, 5) is 0. The largest absolute Gasteiger partial charge is 0.330 e. The molecule has 1 rings (SSSR count). The molecule has 72 valence electrons. The van der Waals surface area contributed by atoms with Crippen LogP contribution in [0, 0.1) is 17.8 Å². The Kier molecular flexibility index (Phi) is 4.07. The average Bonchev–Trinajstić information content (AvgIpc) is 2.03. The lowest BCUT2D eigenvalue weighted by atomic mass is 9.78. The molecule has 0 heterocycles. The summed E-state index contributed by atoms with van der Waals surface area (Å²) in [6, 6.07) is 0. The molecule has 1 saturated carbocycles. The van der Waals surface area contributed by atoms with Crippen LogP contribution in [0.25, 0.3) is 0 Å². The molecule has 0 saturated heterocycles. The van der Waals surface area contributed by atoms with Gasteiger partial charge in [-0.25, -0.2) is 0 Å². The number of nitrogens with two attached hydrogens (primary N) is 1. The van der Waals surface area contributed by atoms with E-state index in [4.69, 9.17) is 5.73 Å². The van der Waals surface area contributed by atoms with Crippen LogP contribution in [0.4, 0.5) is 0 Å². The lowest BCUT2D eigenvalue weighted by Crippen LogP contribution is -2.23. The molecule has 1 heteroatoms. The molecular weight excluding hydrogens is 146 g/mol. The van der Waals surface area contributed by atoms with Crippen LogP contribution in [0.3, 0.4) is 0 Å². The van der Waals surface area contributed by atoms with E-state index in [2.05, 4.69) is 13.8 Å². The molecule has 0 spiro atoms. The predicted molar refractivity (Wildman–Crippen MR) is 54.0 cm³/mol. The average molecular weight is 169 g/mol. The fourth-order valence-corrected chi connectivity index (χ4v) is 2.50. The standard InChI is InChI=1S/C11H23N/c1-9(2)6-10-4-3-5-11(7-10)8-12/h9-11H,3-8,12H2,1-2H3/t10-,11-/m0/s1. The van der Waals surface area contributed by atoms with Gasteiger partial charge in [-0.15, -0.1) is 0 Å². The van der Waals surface area contributed by atoms with E-state index in [-0.39, 0.29) is 0 Å². The van der Waals surface area contributed by atoms with Gasteiger partial charge in [-0.2, -0.15) is 0 Å². The van der Waals surface area contributed by atoms with Crippen molar-refractivity contribution in [3.63, 3.8) is 0 Å². The van der Waals surface area contributed by atoms with Crippen molar-refractivity contribution in [2.24, 2.45) is 23.5 Å². The van der Waals surface area contributed by atoms with Gasteiger partial charge in [0.2, 0.25) is 0 Å². The summed E-state index contributed by atoms with van der Waals surface area (Å²) >= 11 is 0. The van der Waals surface area contributed by atoms with Gasteiger partial charge in [-0.1, -0.05) is 26.7 Å². The molecule has 0 amide bonds. The van der Waals surface area contributed by atoms with Gasteiger partial charge in [0.15, 0.2) is 0 Å². The summed E-state index contributed by atoms with van der Waals surface area (Å²) in [5, 5.41) is 0. The second-order valence-electron chi connectivity index (χ2n) is 4.76. The molecule has 0 aromatic heterocycles. The zero-order valence-electron chi connectivity index (χ0n) is 8.55. The van der Waals surface area contributed by atoms with Crippen LogP contribution in [-0.2, 0) is 0 Å². The third-order valence-corrected chi connectivity index (χ3v) is 3.03. The Morgan fingerprint density at radius 3 is 2.50 bits per heavy atom. The molecule has 0 bridgehead atoms. The lowest BCUT2D eigenvalue weighted by Gasteiger charge is -2.29. The molecule has 1 nitrogen and oxygen atoms in total. The van der Waals surface area contributed by atoms with Gasteiger partial charge in [0.25, 0.3) is 0 Å². The van der Waals surface area contributed by atoms with Crippen LogP contribution in [-0.4, -0.2) is 6.54 Å². The van der Waals surface area contributed by atoms with Crippen LogP contribution in [0.5, 0.6) is 0 Å². The smallest absolute Gasteiger partial charge is 0.00488 e. The van der Waals surface area contributed by atoms with Crippen molar-refractivity contribution in [1.82, 2.24) is 0 Å². The molecule has 2 atom stereocenters. The summed E-state index contributed by atoms with van der Waals surface area (Å²) in [6.45, 7) is 5.56. The van der Waals surface area contributed by atoms with Crippen molar-refractivity contribution in [3.8, 4) is 0 Å². The number of hydrogen-bond acceptors (Lipinski definition) is 1. The molecule has 0 aromatic rings. The monoisotopic (exact) mass is 169 g/mol. The second-order valence-corrected chi connectivity index (χ2v) is 4.76. The lowest BCUT2D eigenvalue weighted by molar-refractivity contribution is 0.240. The Hall–Kier alpha value is -0.0400. The topological polar surface area (TPSA) is 26.0 Å². The summed E-state index contributed by atoms with van der Waals surface area (Å²) in [5.74, 6) is 2.68. The summed E-state index contributed by atoms with van der Waals surface area (Å²) < 4.78 is 0. The maximum Gasteiger partial charge on any atom is -0.00488 e. The maximum atomic E-state index is 5.70. The van der Waals surface area contributed by atoms with Crippen molar-refractivity contribution in [3.05, 3.63) is 0 Å². The molecular formula is C11H23N. The van der Waals surface area contributed by atoms with Crippen LogP contribution >= 0.6 is 0 Å². The summed E-state index contributed by atoms with van der Waals surface area (Å²) in [5.41, 5.74) is 5.70. The highest BCUT2D eigenvalue weighted by Gasteiger charge is 2.21. The highest BCUT2D eigenvalue weighted by molar-refractivity contribution is 4.74. The quantitative estimate of drug-likeness (QED) is 0.690. The van der Waals surface area contributed by atoms with Gasteiger partial charge in [0.1, 0.15) is 0 Å². The first-order chi connectivity index (χ1) is 5.72. The molecule has 2 N–H and O–H groups in total. The van der Waals surface area contributed by atoms with Crippen molar-refractivity contribution >= 4 is 0 Å². The molecule has 12 heavy (non-hydrogen) atoms. The van der Waals surface area contributed by atoms with Gasteiger partial charge < -0.3 is 5.73 Å². The third-order valence-electron chi connectivity index (χ3n) is 3.03. The Labute approximate surface area is 76.7 Å². The van der Waals surface area contributed by atoms with Crippen molar-refractivity contribution in [2.75, 3.05) is 6.54 Å². The molecule has 0 radical (unpaired) electrons. The van der Waals surface area contributed by atoms with Crippen molar-refractivity contribution < 1.29 is 0 Å². The molecule has 1 aliphatic rings. The normalized spacial score (nSPS) is 31.0. The first-order valence-electron chi connectivity index (χ1n) is 5.42. The van der Waals surface area contributed by atoms with Gasteiger partial charge in [-0.3, -0.25) is 0 Å². The van der Waals surface area contributed by atoms with E-state index in [1.54, 1.807) is 0 Å². The number of hydrogen-bond donors (Lipinski definition) is 1. The highest BCUT2D eigenvalue weighted by Crippen LogP contribution is 2.32. The van der Waals surface area contributed by atoms with E-state index < -0.39 is 0 Å². The minimum Gasteiger partial charge on any atom is -0.330 e. The second kappa shape index (κ2) is 4.86. The van der Waals surface area contributed by atoms with Gasteiger partial charge in [-0.05, 0) is 43.6 Å². The minimum atomic E-state index is 0.836. The molecule has 1 aliphatic carbocycles. The van der Waals surface area contributed by atoms with Crippen LogP contribution in [0.2, 0.25) is 0 Å². The van der Waals surface area contributed by atoms with Gasteiger partial charge in [0.05, 0.1) is 0 Å². The van der Waals surface area contributed by atoms with E-state index in [1.165, 1.54) is 32.1 Å². The first-order valence-corrected chi connectivity index (χ1v) is 5.42. The van der Waals surface area contributed by atoms with Crippen LogP contribution in [0.15, 0.2) is 0 Å². The van der Waals surface area contributed by atoms with E-state index in [0.29, 0.717) is 0 Å². The third kappa shape index (κ3) is 3.14. The van der Waals surface area contributed by atoms with Crippen LogP contribution in [0.1, 0.15) is 46.0 Å². The number of rotatable bonds is 3. The van der Waals surface area contributed by atoms with E-state index in [1.807, 2.05) is 0 Å². The molecule has 1 fully saturated rings. The van der Waals surface area contributed by atoms with Gasteiger partial charge in [0, 0.05) is 0 Å². The van der Waals surface area contributed by atoms with Gasteiger partial charge >= 0.3 is 0 Å². The fourth-order valence-electron chi connectivity index (χ4n) is 2.50. The molecule has 0 aliphatic heterocycles. The Bertz CT molecular complexity index is 120.